The fraction of sp³-hybridized carbons (Fsp3) is 0.250. The van der Waals surface area contributed by atoms with Crippen molar-refractivity contribution in [3.8, 4) is 11.5 Å². The van der Waals surface area contributed by atoms with Gasteiger partial charge in [0.1, 0.15) is 6.10 Å². The van der Waals surface area contributed by atoms with Gasteiger partial charge in [-0.25, -0.2) is 8.78 Å². The normalized spacial score (nSPS) is 15.4. The van der Waals surface area contributed by atoms with Gasteiger partial charge in [-0.2, -0.15) is 0 Å². The molecule has 2 aromatic carbocycles. The lowest BCUT2D eigenvalue weighted by molar-refractivity contribution is 0.212. The molecule has 1 heterocycles. The van der Waals surface area contributed by atoms with Crippen LogP contribution < -0.4 is 9.47 Å². The minimum absolute atomic E-state index is 0.107. The van der Waals surface area contributed by atoms with Crippen LogP contribution in [0.5, 0.6) is 11.5 Å². The third-order valence-electron chi connectivity index (χ3n) is 3.36. The van der Waals surface area contributed by atoms with Crippen LogP contribution in [0.3, 0.4) is 0 Å². The molecule has 0 radical (unpaired) electrons. The third-order valence-corrected chi connectivity index (χ3v) is 3.36. The topological polar surface area (TPSA) is 38.7 Å². The van der Waals surface area contributed by atoms with Gasteiger partial charge in [-0.3, -0.25) is 0 Å². The number of rotatable bonds is 2. The number of aliphatic hydroxyl groups excluding tert-OH is 1. The zero-order chi connectivity index (χ0) is 14.8. The molecular weight excluding hydrogens is 278 g/mol. The Morgan fingerprint density at radius 1 is 1.00 bits per heavy atom. The molecule has 21 heavy (non-hydrogen) atoms. The molecule has 2 aromatic rings. The monoisotopic (exact) mass is 292 g/mol. The molecule has 5 heteroatoms. The minimum Gasteiger partial charge on any atom is -0.490 e. The molecule has 110 valence electrons. The van der Waals surface area contributed by atoms with Crippen molar-refractivity contribution in [2.24, 2.45) is 0 Å². The van der Waals surface area contributed by atoms with Gasteiger partial charge >= 0.3 is 0 Å². The number of aliphatic hydroxyl groups is 1. The molecule has 0 amide bonds. The lowest BCUT2D eigenvalue weighted by Crippen LogP contribution is -2.05. The second-order valence-electron chi connectivity index (χ2n) is 4.80. The summed E-state index contributed by atoms with van der Waals surface area (Å²) in [7, 11) is 0. The van der Waals surface area contributed by atoms with Crippen molar-refractivity contribution in [3.63, 3.8) is 0 Å². The number of hydrogen-bond acceptors (Lipinski definition) is 3. The second-order valence-corrected chi connectivity index (χ2v) is 4.80. The van der Waals surface area contributed by atoms with Crippen LogP contribution in [-0.2, 0) is 0 Å². The van der Waals surface area contributed by atoms with Gasteiger partial charge in [0.2, 0.25) is 0 Å². The molecule has 1 aliphatic rings. The van der Waals surface area contributed by atoms with Gasteiger partial charge in [0.05, 0.1) is 13.2 Å². The fourth-order valence-electron chi connectivity index (χ4n) is 2.26. The van der Waals surface area contributed by atoms with Gasteiger partial charge in [-0.1, -0.05) is 18.2 Å². The fourth-order valence-corrected chi connectivity index (χ4v) is 2.26. The van der Waals surface area contributed by atoms with Crippen molar-refractivity contribution in [2.45, 2.75) is 12.5 Å². The van der Waals surface area contributed by atoms with Gasteiger partial charge in [0.25, 0.3) is 0 Å². The summed E-state index contributed by atoms with van der Waals surface area (Å²) in [4.78, 5) is 0. The second kappa shape index (κ2) is 5.69. The summed E-state index contributed by atoms with van der Waals surface area (Å²) in [5.74, 6) is -0.943. The van der Waals surface area contributed by atoms with Crippen LogP contribution in [0.25, 0.3) is 0 Å². The first-order chi connectivity index (χ1) is 10.2. The molecule has 3 nitrogen and oxygen atoms in total. The largest absolute Gasteiger partial charge is 0.490 e. The van der Waals surface area contributed by atoms with Crippen molar-refractivity contribution >= 4 is 0 Å². The number of benzene rings is 2. The molecule has 0 saturated carbocycles. The average Bonchev–Trinajstić information content (AvgIpc) is 2.74. The first kappa shape index (κ1) is 13.8. The zero-order valence-corrected chi connectivity index (χ0v) is 11.2. The highest BCUT2D eigenvalue weighted by Crippen LogP contribution is 2.34. The van der Waals surface area contributed by atoms with Gasteiger partial charge in [-0.15, -0.1) is 0 Å². The van der Waals surface area contributed by atoms with E-state index in [1.165, 1.54) is 12.1 Å². The van der Waals surface area contributed by atoms with Gasteiger partial charge in [-0.05, 0) is 23.8 Å². The van der Waals surface area contributed by atoms with Crippen molar-refractivity contribution < 1.29 is 23.4 Å². The van der Waals surface area contributed by atoms with E-state index < -0.39 is 17.7 Å². The molecule has 1 N–H and O–H groups in total. The molecule has 3 rings (SSSR count). The molecule has 0 aliphatic carbocycles. The van der Waals surface area contributed by atoms with E-state index in [0.717, 1.165) is 12.5 Å². The third kappa shape index (κ3) is 2.69. The highest BCUT2D eigenvalue weighted by molar-refractivity contribution is 5.45. The van der Waals surface area contributed by atoms with Crippen molar-refractivity contribution in [1.29, 1.82) is 0 Å². The smallest absolute Gasteiger partial charge is 0.164 e. The average molecular weight is 292 g/mol. The molecule has 0 bridgehead atoms. The van der Waals surface area contributed by atoms with Crippen LogP contribution in [-0.4, -0.2) is 18.3 Å². The van der Waals surface area contributed by atoms with Gasteiger partial charge < -0.3 is 14.6 Å². The molecule has 1 atom stereocenters. The molecular formula is C16H14F2O3. The molecule has 0 aromatic heterocycles. The standard InChI is InChI=1S/C16H14F2O3/c17-12-4-1-3-11(15(12)18)16(19)10-5-6-13-14(9-10)21-8-2-7-20-13/h1,3-6,9,16,19H,2,7-8H2. The number of ether oxygens (including phenoxy) is 2. The predicted molar refractivity (Wildman–Crippen MR) is 72.5 cm³/mol. The number of fused-ring (bicyclic) bond motifs is 1. The van der Waals surface area contributed by atoms with E-state index in [1.807, 2.05) is 0 Å². The van der Waals surface area contributed by atoms with E-state index in [2.05, 4.69) is 0 Å². The van der Waals surface area contributed by atoms with E-state index >= 15 is 0 Å². The summed E-state index contributed by atoms with van der Waals surface area (Å²) >= 11 is 0. The maximum atomic E-state index is 13.8. The maximum Gasteiger partial charge on any atom is 0.164 e. The summed E-state index contributed by atoms with van der Waals surface area (Å²) in [6.07, 6.45) is -0.497. The van der Waals surface area contributed by atoms with Crippen molar-refractivity contribution in [1.82, 2.24) is 0 Å². The SMILES string of the molecule is OC(c1ccc2c(c1)OCCCO2)c1cccc(F)c1F. The Morgan fingerprint density at radius 3 is 2.57 bits per heavy atom. The Labute approximate surface area is 120 Å². The zero-order valence-electron chi connectivity index (χ0n) is 11.2. The lowest BCUT2D eigenvalue weighted by Gasteiger charge is -2.15. The van der Waals surface area contributed by atoms with Gasteiger partial charge in [0.15, 0.2) is 23.1 Å². The minimum atomic E-state index is -1.27. The summed E-state index contributed by atoms with van der Waals surface area (Å²) in [6.45, 7) is 1.08. The van der Waals surface area contributed by atoms with E-state index in [1.54, 1.807) is 18.2 Å². The van der Waals surface area contributed by atoms with Crippen LogP contribution in [0.4, 0.5) is 8.78 Å². The van der Waals surface area contributed by atoms with E-state index in [0.29, 0.717) is 30.3 Å². The molecule has 1 aliphatic heterocycles. The summed E-state index contributed by atoms with van der Waals surface area (Å²) in [5.41, 5.74) is 0.313. The van der Waals surface area contributed by atoms with E-state index in [-0.39, 0.29) is 5.56 Å². The highest BCUT2D eigenvalue weighted by Gasteiger charge is 2.20. The Balaban J connectivity index is 1.96. The van der Waals surface area contributed by atoms with Crippen LogP contribution in [0, 0.1) is 11.6 Å². The Morgan fingerprint density at radius 2 is 1.76 bits per heavy atom. The molecule has 0 saturated heterocycles. The Kier molecular flexibility index (Phi) is 3.75. The molecule has 1 unspecified atom stereocenters. The van der Waals surface area contributed by atoms with E-state index in [9.17, 15) is 13.9 Å². The summed E-state index contributed by atoms with van der Waals surface area (Å²) in [5, 5.41) is 10.3. The van der Waals surface area contributed by atoms with Crippen molar-refractivity contribution in [2.75, 3.05) is 13.2 Å². The lowest BCUT2D eigenvalue weighted by atomic mass is 10.0. The van der Waals surface area contributed by atoms with E-state index in [4.69, 9.17) is 9.47 Å². The number of halogens is 2. The number of hydrogen-bond donors (Lipinski definition) is 1. The van der Waals surface area contributed by atoms with Crippen molar-refractivity contribution in [3.05, 3.63) is 59.2 Å². The molecule has 0 spiro atoms. The van der Waals surface area contributed by atoms with Crippen LogP contribution in [0.1, 0.15) is 23.7 Å². The predicted octanol–water partition coefficient (Wildman–Crippen LogP) is 3.21. The maximum absolute atomic E-state index is 13.8. The summed E-state index contributed by atoms with van der Waals surface area (Å²) in [6, 6.07) is 8.60. The van der Waals surface area contributed by atoms with Crippen LogP contribution in [0.15, 0.2) is 36.4 Å². The quantitative estimate of drug-likeness (QED) is 0.923. The van der Waals surface area contributed by atoms with Crippen LogP contribution in [0.2, 0.25) is 0 Å². The Bertz CT molecular complexity index is 658. The van der Waals surface area contributed by atoms with Gasteiger partial charge in [0, 0.05) is 12.0 Å². The summed E-state index contributed by atoms with van der Waals surface area (Å²) < 4.78 is 38.0. The first-order valence-electron chi connectivity index (χ1n) is 6.68. The Hall–Kier alpha value is -2.14. The molecule has 0 fully saturated rings. The first-order valence-corrected chi connectivity index (χ1v) is 6.68. The highest BCUT2D eigenvalue weighted by atomic mass is 19.2. The van der Waals surface area contributed by atoms with Crippen LogP contribution >= 0.6 is 0 Å².